The summed E-state index contributed by atoms with van der Waals surface area (Å²) in [6.07, 6.45) is 0. The van der Waals surface area contributed by atoms with E-state index in [0.29, 0.717) is 23.0 Å². The number of hydrogen-bond acceptors (Lipinski definition) is 5. The van der Waals surface area contributed by atoms with Gasteiger partial charge >= 0.3 is 0 Å². The predicted molar refractivity (Wildman–Crippen MR) is 71.7 cm³/mol. The highest BCUT2D eigenvalue weighted by atomic mass is 19.1. The Bertz CT molecular complexity index is 582. The maximum atomic E-state index is 13.7. The number of benzene rings is 1. The molecule has 1 aromatic carbocycles. The number of halogens is 1. The van der Waals surface area contributed by atoms with E-state index in [-0.39, 0.29) is 24.4 Å². The zero-order valence-electron chi connectivity index (χ0n) is 11.8. The molecule has 0 saturated carbocycles. The monoisotopic (exact) mass is 279 g/mol. The average molecular weight is 279 g/mol. The fourth-order valence-electron chi connectivity index (χ4n) is 1.67. The van der Waals surface area contributed by atoms with Crippen LogP contribution in [0.4, 0.5) is 4.39 Å². The molecule has 20 heavy (non-hydrogen) atoms. The number of aromatic nitrogens is 2. The molecule has 0 radical (unpaired) electrons. The van der Waals surface area contributed by atoms with E-state index in [4.69, 9.17) is 15.0 Å². The quantitative estimate of drug-likeness (QED) is 0.910. The summed E-state index contributed by atoms with van der Waals surface area (Å²) in [5, 5.41) is 3.83. The third kappa shape index (κ3) is 3.33. The maximum Gasteiger partial charge on any atom is 0.264 e. The lowest BCUT2D eigenvalue weighted by Gasteiger charge is -2.09. The van der Waals surface area contributed by atoms with Gasteiger partial charge in [0, 0.05) is 23.6 Å². The summed E-state index contributed by atoms with van der Waals surface area (Å²) in [5.74, 6) is 1.20. The van der Waals surface area contributed by atoms with Crippen molar-refractivity contribution in [1.82, 2.24) is 10.1 Å². The lowest BCUT2D eigenvalue weighted by Crippen LogP contribution is -2.07. The summed E-state index contributed by atoms with van der Waals surface area (Å²) in [4.78, 5) is 4.18. The molecule has 2 N–H and O–H groups in total. The van der Waals surface area contributed by atoms with Crippen molar-refractivity contribution in [3.8, 4) is 5.75 Å². The molecule has 0 amide bonds. The van der Waals surface area contributed by atoms with Gasteiger partial charge in [0.25, 0.3) is 5.89 Å². The fourth-order valence-corrected chi connectivity index (χ4v) is 1.67. The lowest BCUT2D eigenvalue weighted by molar-refractivity contribution is 0.241. The van der Waals surface area contributed by atoms with Crippen LogP contribution in [0, 0.1) is 5.82 Å². The normalized spacial score (nSPS) is 12.7. The van der Waals surface area contributed by atoms with Crippen LogP contribution in [0.2, 0.25) is 0 Å². The van der Waals surface area contributed by atoms with E-state index in [2.05, 4.69) is 10.1 Å². The molecule has 6 heteroatoms. The third-order valence-electron chi connectivity index (χ3n) is 2.82. The minimum Gasteiger partial charge on any atom is -0.484 e. The van der Waals surface area contributed by atoms with Crippen molar-refractivity contribution >= 4 is 0 Å². The molecule has 5 nitrogen and oxygen atoms in total. The van der Waals surface area contributed by atoms with Gasteiger partial charge in [-0.3, -0.25) is 0 Å². The van der Waals surface area contributed by atoms with Gasteiger partial charge < -0.3 is 15.0 Å². The molecule has 0 aliphatic rings. The van der Waals surface area contributed by atoms with Crippen molar-refractivity contribution in [2.24, 2.45) is 5.73 Å². The van der Waals surface area contributed by atoms with Crippen LogP contribution in [0.5, 0.6) is 5.75 Å². The van der Waals surface area contributed by atoms with E-state index in [1.807, 2.05) is 13.8 Å². The molecular formula is C14H18FN3O2. The van der Waals surface area contributed by atoms with Gasteiger partial charge in [-0.05, 0) is 13.0 Å². The van der Waals surface area contributed by atoms with Crippen LogP contribution in [-0.2, 0) is 6.61 Å². The summed E-state index contributed by atoms with van der Waals surface area (Å²) in [6, 6.07) is 4.23. The van der Waals surface area contributed by atoms with E-state index in [1.165, 1.54) is 6.07 Å². The molecule has 1 aromatic heterocycles. The van der Waals surface area contributed by atoms with Crippen LogP contribution in [-0.4, -0.2) is 10.1 Å². The van der Waals surface area contributed by atoms with Crippen LogP contribution in [0.25, 0.3) is 0 Å². The second-order valence-electron chi connectivity index (χ2n) is 4.96. The summed E-state index contributed by atoms with van der Waals surface area (Å²) in [6.45, 7) is 5.77. The van der Waals surface area contributed by atoms with E-state index >= 15 is 0 Å². The van der Waals surface area contributed by atoms with Crippen LogP contribution in [0.1, 0.15) is 50.0 Å². The number of nitrogens with zero attached hydrogens (tertiary/aromatic N) is 2. The molecule has 108 valence electrons. The second-order valence-corrected chi connectivity index (χ2v) is 4.96. The van der Waals surface area contributed by atoms with Gasteiger partial charge in [-0.1, -0.05) is 25.1 Å². The Morgan fingerprint density at radius 2 is 2.10 bits per heavy atom. The van der Waals surface area contributed by atoms with E-state index < -0.39 is 0 Å². The molecule has 0 saturated heterocycles. The number of ether oxygens (including phenoxy) is 1. The number of hydrogen-bond donors (Lipinski definition) is 1. The highest BCUT2D eigenvalue weighted by Crippen LogP contribution is 2.21. The van der Waals surface area contributed by atoms with Crippen molar-refractivity contribution in [3.63, 3.8) is 0 Å². The van der Waals surface area contributed by atoms with Crippen molar-refractivity contribution in [2.75, 3.05) is 0 Å². The molecule has 2 rings (SSSR count). The largest absolute Gasteiger partial charge is 0.484 e. The Kier molecular flexibility index (Phi) is 4.34. The Hall–Kier alpha value is -1.95. The first-order chi connectivity index (χ1) is 9.47. The minimum atomic E-state index is -0.383. The highest BCUT2D eigenvalue weighted by molar-refractivity contribution is 5.30. The summed E-state index contributed by atoms with van der Waals surface area (Å²) < 4.78 is 24.2. The topological polar surface area (TPSA) is 74.2 Å². The fraction of sp³-hybridized carbons (Fsp3) is 0.429. The molecule has 0 bridgehead atoms. The summed E-state index contributed by atoms with van der Waals surface area (Å²) in [5.41, 5.74) is 6.10. The van der Waals surface area contributed by atoms with Crippen molar-refractivity contribution in [2.45, 2.75) is 39.3 Å². The van der Waals surface area contributed by atoms with Gasteiger partial charge in [0.15, 0.2) is 12.4 Å². The third-order valence-corrected chi connectivity index (χ3v) is 2.82. The average Bonchev–Trinajstić information content (AvgIpc) is 2.85. The van der Waals surface area contributed by atoms with E-state index in [1.54, 1.807) is 19.1 Å². The van der Waals surface area contributed by atoms with Gasteiger partial charge in [-0.25, -0.2) is 4.39 Å². The van der Waals surface area contributed by atoms with Crippen molar-refractivity contribution in [1.29, 1.82) is 0 Å². The number of rotatable bonds is 5. The Morgan fingerprint density at radius 3 is 2.65 bits per heavy atom. The molecule has 1 atom stereocenters. The predicted octanol–water partition coefficient (Wildman–Crippen LogP) is 2.93. The molecule has 0 aliphatic carbocycles. The van der Waals surface area contributed by atoms with Gasteiger partial charge in [0.2, 0.25) is 0 Å². The minimum absolute atomic E-state index is 0.108. The van der Waals surface area contributed by atoms with E-state index in [9.17, 15) is 4.39 Å². The highest BCUT2D eigenvalue weighted by Gasteiger charge is 2.11. The zero-order valence-corrected chi connectivity index (χ0v) is 11.8. The van der Waals surface area contributed by atoms with Gasteiger partial charge in [0.05, 0.1) is 0 Å². The molecule has 0 aliphatic heterocycles. The Labute approximate surface area is 116 Å². The lowest BCUT2D eigenvalue weighted by atomic mass is 10.1. The molecular weight excluding hydrogens is 261 g/mol. The molecule has 0 fully saturated rings. The molecule has 0 unspecified atom stereocenters. The maximum absolute atomic E-state index is 13.7. The van der Waals surface area contributed by atoms with Crippen LogP contribution < -0.4 is 10.5 Å². The van der Waals surface area contributed by atoms with Gasteiger partial charge in [0.1, 0.15) is 11.6 Å². The number of nitrogens with two attached hydrogens (primary N) is 1. The smallest absolute Gasteiger partial charge is 0.264 e. The van der Waals surface area contributed by atoms with E-state index in [0.717, 1.165) is 0 Å². The van der Waals surface area contributed by atoms with Crippen LogP contribution in [0.3, 0.4) is 0 Å². The van der Waals surface area contributed by atoms with Crippen LogP contribution >= 0.6 is 0 Å². The Morgan fingerprint density at radius 1 is 1.35 bits per heavy atom. The molecule has 1 heterocycles. The van der Waals surface area contributed by atoms with Crippen molar-refractivity contribution in [3.05, 3.63) is 41.3 Å². The summed E-state index contributed by atoms with van der Waals surface area (Å²) >= 11 is 0. The summed E-state index contributed by atoms with van der Waals surface area (Å²) in [7, 11) is 0. The van der Waals surface area contributed by atoms with Crippen molar-refractivity contribution < 1.29 is 13.7 Å². The SMILES string of the molecule is CC(C)c1noc(COc2ccc([C@H](C)N)c(F)c2)n1. The van der Waals surface area contributed by atoms with Gasteiger partial charge in [-0.15, -0.1) is 0 Å². The van der Waals surface area contributed by atoms with Crippen LogP contribution in [0.15, 0.2) is 22.7 Å². The molecule has 0 spiro atoms. The first kappa shape index (κ1) is 14.5. The Balaban J connectivity index is 2.01. The second kappa shape index (κ2) is 6.00. The first-order valence-electron chi connectivity index (χ1n) is 6.47. The standard InChI is InChI=1S/C14H18FN3O2/c1-8(2)14-17-13(20-18-14)7-19-10-4-5-11(9(3)16)12(15)6-10/h4-6,8-9H,7,16H2,1-3H3/t9-/m0/s1. The zero-order chi connectivity index (χ0) is 14.7. The first-order valence-corrected chi connectivity index (χ1v) is 6.47. The molecule has 2 aromatic rings. The van der Waals surface area contributed by atoms with Gasteiger partial charge in [-0.2, -0.15) is 4.98 Å².